The van der Waals surface area contributed by atoms with Gasteiger partial charge in [0, 0.05) is 28.7 Å². The van der Waals surface area contributed by atoms with Gasteiger partial charge in [0.1, 0.15) is 6.33 Å². The minimum absolute atomic E-state index is 0.386. The smallest absolute Gasteiger partial charge is 0.197 e. The molecule has 6 heteroatoms. The molecule has 1 saturated carbocycles. The predicted octanol–water partition coefficient (Wildman–Crippen LogP) is 5.26. The summed E-state index contributed by atoms with van der Waals surface area (Å²) in [5, 5.41) is 9.11. The van der Waals surface area contributed by atoms with Crippen LogP contribution in [0.4, 0.5) is 0 Å². The molecular weight excluding hydrogens is 386 g/mol. The van der Waals surface area contributed by atoms with E-state index < -0.39 is 0 Å². The summed E-state index contributed by atoms with van der Waals surface area (Å²) in [5.74, 6) is 1.76. The van der Waals surface area contributed by atoms with Crippen LogP contribution in [0.3, 0.4) is 0 Å². The van der Waals surface area contributed by atoms with Gasteiger partial charge in [0.2, 0.25) is 0 Å². The predicted molar refractivity (Wildman–Crippen MR) is 125 cm³/mol. The van der Waals surface area contributed by atoms with Crippen LogP contribution in [0.25, 0.3) is 27.8 Å². The van der Waals surface area contributed by atoms with Crippen molar-refractivity contribution in [3.05, 3.63) is 47.9 Å². The molecule has 1 fully saturated rings. The molecule has 5 rings (SSSR count). The van der Waals surface area contributed by atoms with Gasteiger partial charge in [-0.2, -0.15) is 5.10 Å². The fourth-order valence-corrected chi connectivity index (χ4v) is 5.21. The summed E-state index contributed by atoms with van der Waals surface area (Å²) in [4.78, 5) is 8.00. The van der Waals surface area contributed by atoms with Gasteiger partial charge in [-0.1, -0.05) is 19.9 Å². The minimum atomic E-state index is 0.386. The van der Waals surface area contributed by atoms with Crippen LogP contribution in [-0.4, -0.2) is 39.8 Å². The van der Waals surface area contributed by atoms with Crippen LogP contribution in [0.1, 0.15) is 62.5 Å². The van der Waals surface area contributed by atoms with Crippen LogP contribution in [0.2, 0.25) is 0 Å². The molecule has 1 aliphatic carbocycles. The van der Waals surface area contributed by atoms with Gasteiger partial charge in [-0.05, 0) is 73.9 Å². The van der Waals surface area contributed by atoms with Crippen LogP contribution in [0, 0.1) is 0 Å². The van der Waals surface area contributed by atoms with Gasteiger partial charge in [-0.15, -0.1) is 0 Å². The Morgan fingerprint density at radius 3 is 2.68 bits per heavy atom. The molecule has 1 aromatic carbocycles. The Kier molecular flexibility index (Phi) is 5.18. The van der Waals surface area contributed by atoms with Crippen molar-refractivity contribution >= 4 is 16.6 Å². The molecule has 4 aromatic rings. The Hall–Kier alpha value is -2.86. The fraction of sp³-hybridized carbons (Fsp3) is 0.440. The number of methoxy groups -OCH3 is 1. The molecule has 162 valence electrons. The number of aromatic nitrogens is 4. The average Bonchev–Trinajstić information content (AvgIpc) is 3.42. The largest absolute Gasteiger partial charge is 0.493 e. The van der Waals surface area contributed by atoms with Crippen LogP contribution in [0.15, 0.2) is 36.8 Å². The maximum Gasteiger partial charge on any atom is 0.197 e. The van der Waals surface area contributed by atoms with E-state index in [-0.39, 0.29) is 0 Å². The normalized spacial score (nSPS) is 19.5. The van der Waals surface area contributed by atoms with E-state index in [9.17, 15) is 0 Å². The molecule has 6 nitrogen and oxygen atoms in total. The summed E-state index contributed by atoms with van der Waals surface area (Å²) in [6, 6.07) is 9.74. The van der Waals surface area contributed by atoms with Gasteiger partial charge in [-0.3, -0.25) is 0 Å². The molecule has 0 radical (unpaired) electrons. The molecule has 0 saturated heterocycles. The van der Waals surface area contributed by atoms with E-state index in [0.717, 1.165) is 22.7 Å². The highest BCUT2D eigenvalue weighted by atomic mass is 16.5. The number of pyridine rings is 1. The number of fused-ring (bicyclic) bond motifs is 2. The second-order valence-electron chi connectivity index (χ2n) is 9.04. The SMILES string of the molecule is CNC1CCC(c2ccc3[nH]c(-c4cc(OC)c5ncnn5c4)c(C(C)C)c3c2)CC1. The highest BCUT2D eigenvalue weighted by Crippen LogP contribution is 2.40. The monoisotopic (exact) mass is 417 g/mol. The molecule has 2 N–H and O–H groups in total. The summed E-state index contributed by atoms with van der Waals surface area (Å²) in [6.45, 7) is 4.53. The Morgan fingerprint density at radius 1 is 1.16 bits per heavy atom. The van der Waals surface area contributed by atoms with Gasteiger partial charge in [0.15, 0.2) is 11.4 Å². The van der Waals surface area contributed by atoms with E-state index >= 15 is 0 Å². The maximum atomic E-state index is 5.60. The Labute approximate surface area is 183 Å². The first-order valence-electron chi connectivity index (χ1n) is 11.3. The third-order valence-electron chi connectivity index (χ3n) is 6.90. The van der Waals surface area contributed by atoms with E-state index in [1.807, 2.05) is 6.20 Å². The Morgan fingerprint density at radius 2 is 1.97 bits per heavy atom. The van der Waals surface area contributed by atoms with E-state index in [0.29, 0.717) is 17.9 Å². The van der Waals surface area contributed by atoms with Crippen LogP contribution in [0.5, 0.6) is 5.75 Å². The number of rotatable bonds is 5. The molecular formula is C25H31N5O. The third-order valence-corrected chi connectivity index (χ3v) is 6.90. The van der Waals surface area contributed by atoms with Gasteiger partial charge in [0.25, 0.3) is 0 Å². The van der Waals surface area contributed by atoms with E-state index in [1.54, 1.807) is 18.0 Å². The lowest BCUT2D eigenvalue weighted by atomic mass is 9.81. The lowest BCUT2D eigenvalue weighted by Gasteiger charge is -2.28. The van der Waals surface area contributed by atoms with Crippen molar-refractivity contribution < 1.29 is 4.74 Å². The molecule has 0 amide bonds. The number of nitrogens with one attached hydrogen (secondary N) is 2. The highest BCUT2D eigenvalue weighted by Gasteiger charge is 2.23. The first-order valence-corrected chi connectivity index (χ1v) is 11.3. The zero-order valence-corrected chi connectivity index (χ0v) is 18.8. The molecule has 1 aliphatic rings. The number of H-pyrrole nitrogens is 1. The number of benzene rings is 1. The summed E-state index contributed by atoms with van der Waals surface area (Å²) in [6.07, 6.45) is 8.61. The summed E-state index contributed by atoms with van der Waals surface area (Å²) < 4.78 is 7.38. The topological polar surface area (TPSA) is 67.2 Å². The molecule has 0 atom stereocenters. The standard InChI is InChI=1S/C25H31N5O/c1-15(2)23-20-11-17(16-5-8-19(26-3)9-6-16)7-10-21(20)29-24(23)18-12-22(31-4)25-27-14-28-30(25)13-18/h7,10-16,19,26,29H,5-6,8-9H2,1-4H3. The lowest BCUT2D eigenvalue weighted by Crippen LogP contribution is -2.29. The molecule has 0 aliphatic heterocycles. The third kappa shape index (κ3) is 3.49. The number of ether oxygens (including phenoxy) is 1. The lowest BCUT2D eigenvalue weighted by molar-refractivity contribution is 0.359. The van der Waals surface area contributed by atoms with Crippen LogP contribution >= 0.6 is 0 Å². The molecule has 3 heterocycles. The van der Waals surface area contributed by atoms with E-state index in [1.165, 1.54) is 47.7 Å². The second kappa shape index (κ2) is 8.00. The van der Waals surface area contributed by atoms with E-state index in [4.69, 9.17) is 4.74 Å². The second-order valence-corrected chi connectivity index (χ2v) is 9.04. The van der Waals surface area contributed by atoms with Gasteiger partial charge in [-0.25, -0.2) is 9.50 Å². The van der Waals surface area contributed by atoms with Gasteiger partial charge < -0.3 is 15.0 Å². The first-order chi connectivity index (χ1) is 15.1. The van der Waals surface area contributed by atoms with Crippen molar-refractivity contribution in [2.45, 2.75) is 57.4 Å². The molecule has 0 unspecified atom stereocenters. The zero-order valence-electron chi connectivity index (χ0n) is 18.8. The summed E-state index contributed by atoms with van der Waals surface area (Å²) in [5.41, 5.74) is 6.93. The van der Waals surface area contributed by atoms with Crippen molar-refractivity contribution in [2.75, 3.05) is 14.2 Å². The van der Waals surface area contributed by atoms with Crippen molar-refractivity contribution in [3.63, 3.8) is 0 Å². The molecule has 0 bridgehead atoms. The molecule has 0 spiro atoms. The first kappa shape index (κ1) is 20.1. The quantitative estimate of drug-likeness (QED) is 0.465. The van der Waals surface area contributed by atoms with Gasteiger partial charge in [0.05, 0.1) is 12.8 Å². The maximum absolute atomic E-state index is 5.60. The number of nitrogens with zero attached hydrogens (tertiary/aromatic N) is 3. The summed E-state index contributed by atoms with van der Waals surface area (Å²) in [7, 11) is 3.76. The molecule has 31 heavy (non-hydrogen) atoms. The Balaban J connectivity index is 1.60. The highest BCUT2D eigenvalue weighted by molar-refractivity contribution is 5.92. The number of hydrogen-bond acceptors (Lipinski definition) is 4. The number of aromatic amines is 1. The van der Waals surface area contributed by atoms with Crippen LogP contribution in [-0.2, 0) is 0 Å². The Bertz CT molecular complexity index is 1210. The van der Waals surface area contributed by atoms with Gasteiger partial charge >= 0.3 is 0 Å². The van der Waals surface area contributed by atoms with Crippen LogP contribution < -0.4 is 10.1 Å². The van der Waals surface area contributed by atoms with E-state index in [2.05, 4.69) is 65.5 Å². The summed E-state index contributed by atoms with van der Waals surface area (Å²) >= 11 is 0. The minimum Gasteiger partial charge on any atom is -0.493 e. The van der Waals surface area contributed by atoms with Crippen molar-refractivity contribution in [2.24, 2.45) is 0 Å². The van der Waals surface area contributed by atoms with Crippen molar-refractivity contribution in [1.29, 1.82) is 0 Å². The molecule has 3 aromatic heterocycles. The van der Waals surface area contributed by atoms with Crippen molar-refractivity contribution in [1.82, 2.24) is 24.9 Å². The number of hydrogen-bond donors (Lipinski definition) is 2. The fourth-order valence-electron chi connectivity index (χ4n) is 5.21. The zero-order chi connectivity index (χ0) is 21.5. The van der Waals surface area contributed by atoms with Crippen molar-refractivity contribution in [3.8, 4) is 17.0 Å². The average molecular weight is 418 g/mol.